The van der Waals surface area contributed by atoms with Crippen LogP contribution >= 0.6 is 0 Å². The van der Waals surface area contributed by atoms with Gasteiger partial charge in [0.2, 0.25) is 0 Å². The van der Waals surface area contributed by atoms with Crippen LogP contribution < -0.4 is 10.0 Å². The second-order valence-electron chi connectivity index (χ2n) is 6.99. The molecular formula is C20H25N3O3S. The molecule has 0 saturated carbocycles. The van der Waals surface area contributed by atoms with E-state index in [0.717, 1.165) is 30.6 Å². The van der Waals surface area contributed by atoms with Gasteiger partial charge in [0, 0.05) is 30.9 Å². The van der Waals surface area contributed by atoms with Crippen molar-refractivity contribution >= 4 is 21.6 Å². The SMILES string of the molecule is Cc1ccc(S(=O)(=O)Nc2ccc(C(=O)N(C)C3CCNC3)cc2)cc1C. The van der Waals surface area contributed by atoms with Gasteiger partial charge in [-0.2, -0.15) is 0 Å². The lowest BCUT2D eigenvalue weighted by atomic mass is 10.1. The van der Waals surface area contributed by atoms with E-state index < -0.39 is 10.0 Å². The number of likely N-dealkylation sites (N-methyl/N-ethyl adjacent to an activating group) is 1. The smallest absolute Gasteiger partial charge is 0.261 e. The van der Waals surface area contributed by atoms with E-state index >= 15 is 0 Å². The van der Waals surface area contributed by atoms with E-state index in [-0.39, 0.29) is 16.8 Å². The molecule has 2 N–H and O–H groups in total. The molecule has 0 aliphatic carbocycles. The highest BCUT2D eigenvalue weighted by molar-refractivity contribution is 7.92. The summed E-state index contributed by atoms with van der Waals surface area (Å²) in [6, 6.07) is 11.8. The van der Waals surface area contributed by atoms with Crippen molar-refractivity contribution in [2.24, 2.45) is 0 Å². The summed E-state index contributed by atoms with van der Waals surface area (Å²) >= 11 is 0. The second kappa shape index (κ2) is 7.70. The molecule has 0 aromatic heterocycles. The average Bonchev–Trinajstić information content (AvgIpc) is 3.17. The number of nitrogens with zero attached hydrogens (tertiary/aromatic N) is 1. The van der Waals surface area contributed by atoms with Crippen LogP contribution in [0, 0.1) is 13.8 Å². The van der Waals surface area contributed by atoms with Crippen molar-refractivity contribution in [2.75, 3.05) is 24.9 Å². The maximum absolute atomic E-state index is 12.6. The lowest BCUT2D eigenvalue weighted by Crippen LogP contribution is -2.38. The van der Waals surface area contributed by atoms with Crippen molar-refractivity contribution in [3.8, 4) is 0 Å². The van der Waals surface area contributed by atoms with Crippen molar-refractivity contribution in [1.29, 1.82) is 0 Å². The Balaban J connectivity index is 1.73. The van der Waals surface area contributed by atoms with Crippen molar-refractivity contribution in [3.05, 3.63) is 59.2 Å². The van der Waals surface area contributed by atoms with Gasteiger partial charge in [-0.3, -0.25) is 9.52 Å². The van der Waals surface area contributed by atoms with E-state index in [1.807, 2.05) is 13.8 Å². The third-order valence-electron chi connectivity index (χ3n) is 5.08. The number of hydrogen-bond acceptors (Lipinski definition) is 4. The normalized spacial score (nSPS) is 16.9. The van der Waals surface area contributed by atoms with E-state index in [1.54, 1.807) is 54.4 Å². The van der Waals surface area contributed by atoms with Gasteiger partial charge in [0.15, 0.2) is 0 Å². The lowest BCUT2D eigenvalue weighted by Gasteiger charge is -2.23. The fraction of sp³-hybridized carbons (Fsp3) is 0.350. The van der Waals surface area contributed by atoms with Crippen molar-refractivity contribution in [3.63, 3.8) is 0 Å². The highest BCUT2D eigenvalue weighted by atomic mass is 32.2. The lowest BCUT2D eigenvalue weighted by molar-refractivity contribution is 0.0744. The molecule has 3 rings (SSSR count). The average molecular weight is 388 g/mol. The number of aryl methyl sites for hydroxylation is 2. The van der Waals surface area contributed by atoms with E-state index in [2.05, 4.69) is 10.0 Å². The quantitative estimate of drug-likeness (QED) is 0.826. The van der Waals surface area contributed by atoms with E-state index in [1.165, 1.54) is 0 Å². The van der Waals surface area contributed by atoms with Crippen LogP contribution in [0.15, 0.2) is 47.4 Å². The molecule has 1 aliphatic heterocycles. The Labute approximate surface area is 160 Å². The molecule has 0 radical (unpaired) electrons. The van der Waals surface area contributed by atoms with Crippen LogP contribution in [0.5, 0.6) is 0 Å². The maximum atomic E-state index is 12.6. The number of sulfonamides is 1. The Morgan fingerprint density at radius 2 is 1.81 bits per heavy atom. The monoisotopic (exact) mass is 387 g/mol. The number of rotatable bonds is 5. The third kappa shape index (κ3) is 4.31. The molecule has 2 aromatic rings. The first kappa shape index (κ1) is 19.4. The second-order valence-corrected chi connectivity index (χ2v) is 8.67. The number of carbonyl (C=O) groups excluding carboxylic acids is 1. The Hall–Kier alpha value is -2.38. The van der Waals surface area contributed by atoms with Crippen LogP contribution in [0.1, 0.15) is 27.9 Å². The molecule has 1 fully saturated rings. The maximum Gasteiger partial charge on any atom is 0.261 e. The van der Waals surface area contributed by atoms with Crippen LogP contribution in [0.3, 0.4) is 0 Å². The Kier molecular flexibility index (Phi) is 5.53. The standard InChI is InChI=1S/C20H25N3O3S/c1-14-4-9-19(12-15(14)2)27(25,26)22-17-7-5-16(6-8-17)20(24)23(3)18-10-11-21-13-18/h4-9,12,18,21-22H,10-11,13H2,1-3H3. The predicted molar refractivity (Wildman–Crippen MR) is 107 cm³/mol. The van der Waals surface area contributed by atoms with Crippen LogP contribution in [-0.4, -0.2) is 45.4 Å². The number of carbonyl (C=O) groups is 1. The largest absolute Gasteiger partial charge is 0.337 e. The van der Waals surface area contributed by atoms with E-state index in [9.17, 15) is 13.2 Å². The number of hydrogen-bond donors (Lipinski definition) is 2. The number of nitrogens with one attached hydrogen (secondary N) is 2. The summed E-state index contributed by atoms with van der Waals surface area (Å²) in [6.07, 6.45) is 0.941. The molecule has 1 saturated heterocycles. The Bertz CT molecular complexity index is 933. The molecule has 2 aromatic carbocycles. The topological polar surface area (TPSA) is 78.5 Å². The van der Waals surface area contributed by atoms with Gasteiger partial charge in [-0.15, -0.1) is 0 Å². The first-order valence-corrected chi connectivity index (χ1v) is 10.4. The number of anilines is 1. The molecule has 6 nitrogen and oxygen atoms in total. The highest BCUT2D eigenvalue weighted by Crippen LogP contribution is 2.20. The molecule has 1 heterocycles. The first-order chi connectivity index (χ1) is 12.8. The number of benzene rings is 2. The molecule has 7 heteroatoms. The Morgan fingerprint density at radius 3 is 2.41 bits per heavy atom. The molecule has 144 valence electrons. The molecule has 0 bridgehead atoms. The zero-order valence-electron chi connectivity index (χ0n) is 15.8. The summed E-state index contributed by atoms with van der Waals surface area (Å²) in [5, 5.41) is 3.25. The molecular weight excluding hydrogens is 362 g/mol. The van der Waals surface area contributed by atoms with E-state index in [4.69, 9.17) is 0 Å². The highest BCUT2D eigenvalue weighted by Gasteiger charge is 2.24. The van der Waals surface area contributed by atoms with Crippen LogP contribution in [0.2, 0.25) is 0 Å². The van der Waals surface area contributed by atoms with E-state index in [0.29, 0.717) is 11.3 Å². The van der Waals surface area contributed by atoms with Gasteiger partial charge in [0.25, 0.3) is 15.9 Å². The van der Waals surface area contributed by atoms with Crippen LogP contribution in [-0.2, 0) is 10.0 Å². The van der Waals surface area contributed by atoms with Gasteiger partial charge in [0.1, 0.15) is 0 Å². The van der Waals surface area contributed by atoms with Crippen molar-refractivity contribution in [2.45, 2.75) is 31.2 Å². The molecule has 27 heavy (non-hydrogen) atoms. The van der Waals surface area contributed by atoms with Gasteiger partial charge in [-0.05, 0) is 74.3 Å². The Morgan fingerprint density at radius 1 is 1.11 bits per heavy atom. The summed E-state index contributed by atoms with van der Waals surface area (Å²) in [6.45, 7) is 5.54. The molecule has 0 spiro atoms. The molecule has 1 amide bonds. The summed E-state index contributed by atoms with van der Waals surface area (Å²) in [5.74, 6) is -0.0627. The fourth-order valence-electron chi connectivity index (χ4n) is 3.12. The predicted octanol–water partition coefficient (Wildman–Crippen LogP) is 2.54. The minimum absolute atomic E-state index is 0.0627. The summed E-state index contributed by atoms with van der Waals surface area (Å²) in [7, 11) is -1.87. The molecule has 1 atom stereocenters. The third-order valence-corrected chi connectivity index (χ3v) is 6.45. The van der Waals surface area contributed by atoms with Gasteiger partial charge in [-0.25, -0.2) is 8.42 Å². The van der Waals surface area contributed by atoms with Gasteiger partial charge in [0.05, 0.1) is 4.90 Å². The fourth-order valence-corrected chi connectivity index (χ4v) is 4.26. The van der Waals surface area contributed by atoms with Crippen LogP contribution in [0.4, 0.5) is 5.69 Å². The molecule has 1 unspecified atom stereocenters. The van der Waals surface area contributed by atoms with Crippen LogP contribution in [0.25, 0.3) is 0 Å². The summed E-state index contributed by atoms with van der Waals surface area (Å²) in [5.41, 5.74) is 2.93. The van der Waals surface area contributed by atoms with Gasteiger partial charge >= 0.3 is 0 Å². The van der Waals surface area contributed by atoms with Crippen molar-refractivity contribution in [1.82, 2.24) is 10.2 Å². The van der Waals surface area contributed by atoms with Gasteiger partial charge < -0.3 is 10.2 Å². The summed E-state index contributed by atoms with van der Waals surface area (Å²) in [4.78, 5) is 14.5. The molecule has 1 aliphatic rings. The summed E-state index contributed by atoms with van der Waals surface area (Å²) < 4.78 is 27.7. The van der Waals surface area contributed by atoms with Gasteiger partial charge in [-0.1, -0.05) is 6.07 Å². The first-order valence-electron chi connectivity index (χ1n) is 8.96. The number of amides is 1. The minimum atomic E-state index is -3.67. The minimum Gasteiger partial charge on any atom is -0.337 e. The van der Waals surface area contributed by atoms with Crippen molar-refractivity contribution < 1.29 is 13.2 Å². The zero-order valence-corrected chi connectivity index (χ0v) is 16.6. The zero-order chi connectivity index (χ0) is 19.6.